The van der Waals surface area contributed by atoms with Crippen LogP contribution >= 0.6 is 22.9 Å². The van der Waals surface area contributed by atoms with Gasteiger partial charge in [-0.25, -0.2) is 15.0 Å². The topological polar surface area (TPSA) is 77.0 Å². The highest BCUT2D eigenvalue weighted by molar-refractivity contribution is 7.16. The monoisotopic (exact) mass is 402 g/mol. The highest BCUT2D eigenvalue weighted by Crippen LogP contribution is 2.30. The van der Waals surface area contributed by atoms with E-state index in [9.17, 15) is 18.0 Å². The van der Waals surface area contributed by atoms with Gasteiger partial charge in [0.15, 0.2) is 0 Å². The van der Waals surface area contributed by atoms with E-state index >= 15 is 0 Å². The number of nitrogens with zero attached hydrogens (tertiary/aromatic N) is 3. The molecule has 0 fully saturated rings. The normalized spacial score (nSPS) is 11.5. The maximum absolute atomic E-state index is 12.3. The molecule has 0 spiro atoms. The van der Waals surface area contributed by atoms with Gasteiger partial charge >= 0.3 is 6.36 Å². The number of carbonyl (C=O) groups excluding carboxylic acids is 1. The molecule has 2 aromatic heterocycles. The predicted octanol–water partition coefficient (Wildman–Crippen LogP) is 3.51. The first-order valence-corrected chi connectivity index (χ1v) is 8.56. The number of halogens is 4. The first-order chi connectivity index (χ1) is 12.4. The number of thiazole rings is 1. The lowest BCUT2D eigenvalue weighted by molar-refractivity contribution is -0.274. The molecule has 2 heterocycles. The fourth-order valence-electron chi connectivity index (χ4n) is 2.13. The molecule has 0 bridgehead atoms. The predicted molar refractivity (Wildman–Crippen MR) is 89.9 cm³/mol. The molecule has 3 rings (SSSR count). The van der Waals surface area contributed by atoms with Crippen LogP contribution in [0.25, 0.3) is 21.6 Å². The van der Waals surface area contributed by atoms with E-state index in [1.807, 2.05) is 0 Å². The molecule has 3 aromatic rings. The zero-order chi connectivity index (χ0) is 18.7. The molecule has 11 heteroatoms. The standard InChI is InChI=1S/C15H10ClF3N4O2S/c16-5-11(24)20-6-10-22-12(13-14(23-10)26-7-21-13)8-1-3-9(4-2-8)25-15(17,18)19/h1-4,7H,5-6H2,(H,20,24). The second-order valence-electron chi connectivity index (χ2n) is 4.98. The summed E-state index contributed by atoms with van der Waals surface area (Å²) in [5.41, 5.74) is 3.10. The number of ether oxygens (including phenoxy) is 1. The zero-order valence-electron chi connectivity index (χ0n) is 12.9. The Labute approximate surface area is 154 Å². The van der Waals surface area contributed by atoms with Crippen molar-refractivity contribution in [3.63, 3.8) is 0 Å². The van der Waals surface area contributed by atoms with E-state index in [4.69, 9.17) is 11.6 Å². The molecule has 0 saturated carbocycles. The van der Waals surface area contributed by atoms with Gasteiger partial charge in [0.2, 0.25) is 5.91 Å². The highest BCUT2D eigenvalue weighted by atomic mass is 35.5. The maximum atomic E-state index is 12.3. The van der Waals surface area contributed by atoms with Gasteiger partial charge in [0.1, 0.15) is 33.5 Å². The largest absolute Gasteiger partial charge is 0.573 e. The minimum atomic E-state index is -4.76. The van der Waals surface area contributed by atoms with Crippen molar-refractivity contribution in [2.45, 2.75) is 12.9 Å². The fourth-order valence-corrected chi connectivity index (χ4v) is 2.90. The van der Waals surface area contributed by atoms with E-state index in [0.717, 1.165) is 0 Å². The number of carbonyl (C=O) groups is 1. The second kappa shape index (κ2) is 7.42. The molecule has 0 saturated heterocycles. The Morgan fingerprint density at radius 2 is 1.96 bits per heavy atom. The zero-order valence-corrected chi connectivity index (χ0v) is 14.5. The lowest BCUT2D eigenvalue weighted by Crippen LogP contribution is -2.24. The Morgan fingerprint density at radius 1 is 1.23 bits per heavy atom. The molecule has 6 nitrogen and oxygen atoms in total. The van der Waals surface area contributed by atoms with Gasteiger partial charge in [-0.15, -0.1) is 36.1 Å². The van der Waals surface area contributed by atoms with Crippen LogP contribution in [-0.2, 0) is 11.3 Å². The summed E-state index contributed by atoms with van der Waals surface area (Å²) in [5.74, 6) is -0.545. The number of alkyl halides is 4. The third kappa shape index (κ3) is 4.38. The molecule has 26 heavy (non-hydrogen) atoms. The Morgan fingerprint density at radius 3 is 2.62 bits per heavy atom. The van der Waals surface area contributed by atoms with Crippen LogP contribution in [0.5, 0.6) is 5.75 Å². The molecule has 0 radical (unpaired) electrons. The Hall–Kier alpha value is -2.46. The Balaban J connectivity index is 1.93. The van der Waals surface area contributed by atoms with Crippen molar-refractivity contribution < 1.29 is 22.7 Å². The van der Waals surface area contributed by atoms with E-state index in [-0.39, 0.29) is 24.1 Å². The Kier molecular flexibility index (Phi) is 5.23. The van der Waals surface area contributed by atoms with Gasteiger partial charge in [0.05, 0.1) is 12.1 Å². The van der Waals surface area contributed by atoms with Gasteiger partial charge < -0.3 is 10.1 Å². The number of hydrogen-bond acceptors (Lipinski definition) is 6. The molecular weight excluding hydrogens is 393 g/mol. The van der Waals surface area contributed by atoms with Gasteiger partial charge in [-0.1, -0.05) is 0 Å². The Bertz CT molecular complexity index is 931. The van der Waals surface area contributed by atoms with E-state index in [1.54, 1.807) is 5.51 Å². The highest BCUT2D eigenvalue weighted by Gasteiger charge is 2.31. The number of rotatable bonds is 5. The summed E-state index contributed by atoms with van der Waals surface area (Å²) in [4.78, 5) is 24.8. The number of fused-ring (bicyclic) bond motifs is 1. The summed E-state index contributed by atoms with van der Waals surface area (Å²) < 4.78 is 40.7. The molecule has 0 unspecified atom stereocenters. The van der Waals surface area contributed by atoms with Gasteiger partial charge in [-0.3, -0.25) is 4.79 Å². The first-order valence-electron chi connectivity index (χ1n) is 7.14. The maximum Gasteiger partial charge on any atom is 0.573 e. The number of benzene rings is 1. The minimum Gasteiger partial charge on any atom is -0.406 e. The van der Waals surface area contributed by atoms with Crippen molar-refractivity contribution in [1.29, 1.82) is 0 Å². The van der Waals surface area contributed by atoms with Crippen molar-refractivity contribution in [3.8, 4) is 17.0 Å². The first kappa shape index (κ1) is 18.3. The van der Waals surface area contributed by atoms with Crippen molar-refractivity contribution in [1.82, 2.24) is 20.3 Å². The van der Waals surface area contributed by atoms with Crippen LogP contribution in [0.3, 0.4) is 0 Å². The van der Waals surface area contributed by atoms with Crippen LogP contribution in [0.2, 0.25) is 0 Å². The summed E-state index contributed by atoms with van der Waals surface area (Å²) in [7, 11) is 0. The molecule has 0 aliphatic carbocycles. The lowest BCUT2D eigenvalue weighted by Gasteiger charge is -2.10. The quantitative estimate of drug-likeness (QED) is 0.661. The van der Waals surface area contributed by atoms with Crippen molar-refractivity contribution >= 4 is 39.2 Å². The van der Waals surface area contributed by atoms with Gasteiger partial charge in [-0.05, 0) is 24.3 Å². The molecule has 136 valence electrons. The van der Waals surface area contributed by atoms with Crippen molar-refractivity contribution in [3.05, 3.63) is 35.6 Å². The third-order valence-electron chi connectivity index (χ3n) is 3.17. The number of amides is 1. The number of nitrogens with one attached hydrogen (secondary N) is 1. The summed E-state index contributed by atoms with van der Waals surface area (Å²) in [5, 5.41) is 2.56. The van der Waals surface area contributed by atoms with E-state index in [2.05, 4.69) is 25.0 Å². The number of aromatic nitrogens is 3. The average Bonchev–Trinajstić information content (AvgIpc) is 3.06. The molecule has 0 aliphatic rings. The van der Waals surface area contributed by atoms with Crippen LogP contribution in [0.15, 0.2) is 29.8 Å². The van der Waals surface area contributed by atoms with Gasteiger partial charge in [-0.2, -0.15) is 0 Å². The summed E-state index contributed by atoms with van der Waals surface area (Å²) in [6, 6.07) is 5.28. The van der Waals surface area contributed by atoms with E-state index < -0.39 is 6.36 Å². The van der Waals surface area contributed by atoms with Crippen LogP contribution in [0.4, 0.5) is 13.2 Å². The second-order valence-corrected chi connectivity index (χ2v) is 6.08. The summed E-state index contributed by atoms with van der Waals surface area (Å²) in [6.07, 6.45) is -4.76. The average molecular weight is 403 g/mol. The van der Waals surface area contributed by atoms with Crippen LogP contribution in [-0.4, -0.2) is 33.1 Å². The molecule has 0 atom stereocenters. The van der Waals surface area contributed by atoms with E-state index in [1.165, 1.54) is 35.6 Å². The lowest BCUT2D eigenvalue weighted by atomic mass is 10.1. The molecular formula is C15H10ClF3N4O2S. The van der Waals surface area contributed by atoms with Crippen molar-refractivity contribution in [2.24, 2.45) is 0 Å². The molecule has 1 aromatic carbocycles. The van der Waals surface area contributed by atoms with Crippen LogP contribution < -0.4 is 10.1 Å². The fraction of sp³-hybridized carbons (Fsp3) is 0.200. The molecule has 0 aliphatic heterocycles. The van der Waals surface area contributed by atoms with Gasteiger partial charge in [0.25, 0.3) is 0 Å². The van der Waals surface area contributed by atoms with Crippen molar-refractivity contribution in [2.75, 3.05) is 5.88 Å². The summed E-state index contributed by atoms with van der Waals surface area (Å²) in [6.45, 7) is 0.0711. The van der Waals surface area contributed by atoms with Gasteiger partial charge in [0, 0.05) is 5.56 Å². The molecule has 1 N–H and O–H groups in total. The van der Waals surface area contributed by atoms with Crippen LogP contribution in [0, 0.1) is 0 Å². The number of hydrogen-bond donors (Lipinski definition) is 1. The third-order valence-corrected chi connectivity index (χ3v) is 4.13. The molecule has 1 amide bonds. The SMILES string of the molecule is O=C(CCl)NCc1nc(-c2ccc(OC(F)(F)F)cc2)c2ncsc2n1. The van der Waals surface area contributed by atoms with Crippen LogP contribution in [0.1, 0.15) is 5.82 Å². The van der Waals surface area contributed by atoms with E-state index in [0.29, 0.717) is 27.4 Å². The minimum absolute atomic E-state index is 0.0711. The smallest absolute Gasteiger partial charge is 0.406 e. The summed E-state index contributed by atoms with van der Waals surface area (Å²) >= 11 is 6.72.